The van der Waals surface area contributed by atoms with Crippen LogP contribution in [-0.4, -0.2) is 46.1 Å². The van der Waals surface area contributed by atoms with Gasteiger partial charge in [-0.05, 0) is 34.2 Å². The van der Waals surface area contributed by atoms with Gasteiger partial charge in [-0.3, -0.25) is 4.79 Å². The van der Waals surface area contributed by atoms with Gasteiger partial charge in [-0.25, -0.2) is 9.48 Å². The zero-order chi connectivity index (χ0) is 16.2. The molecule has 0 fully saturated rings. The minimum Gasteiger partial charge on any atom is -0.464 e. The van der Waals surface area contributed by atoms with Gasteiger partial charge < -0.3 is 15.8 Å². The monoisotopic (exact) mass is 297 g/mol. The smallest absolute Gasteiger partial charge is 0.360 e. The van der Waals surface area contributed by atoms with Crippen LogP contribution in [0.5, 0.6) is 0 Å². The molecular weight excluding hydrogens is 274 g/mol. The van der Waals surface area contributed by atoms with Crippen LogP contribution in [0.3, 0.4) is 0 Å². The molecule has 8 heteroatoms. The fourth-order valence-corrected chi connectivity index (χ4v) is 1.83. The van der Waals surface area contributed by atoms with Gasteiger partial charge in [0.2, 0.25) is 5.91 Å². The molecule has 1 amide bonds. The Hall–Kier alpha value is -1.96. The van der Waals surface area contributed by atoms with Crippen LogP contribution in [0.1, 0.15) is 49.9 Å². The topological polar surface area (TPSA) is 112 Å². The highest BCUT2D eigenvalue weighted by molar-refractivity contribution is 5.88. The third-order valence-electron chi connectivity index (χ3n) is 2.80. The number of nitrogens with one attached hydrogen (secondary N) is 1. The maximum Gasteiger partial charge on any atom is 0.360 e. The van der Waals surface area contributed by atoms with Crippen LogP contribution in [-0.2, 0) is 16.0 Å². The Balaban J connectivity index is 3.09. The van der Waals surface area contributed by atoms with E-state index in [4.69, 9.17) is 5.73 Å². The lowest BCUT2D eigenvalue weighted by atomic mass is 10.1. The molecule has 1 atom stereocenters. The Morgan fingerprint density at radius 2 is 2.05 bits per heavy atom. The lowest BCUT2D eigenvalue weighted by molar-refractivity contribution is -0.125. The van der Waals surface area contributed by atoms with E-state index >= 15 is 0 Å². The fraction of sp³-hybridized carbons (Fsp3) is 0.692. The molecule has 8 nitrogen and oxygen atoms in total. The lowest BCUT2D eigenvalue weighted by Crippen LogP contribution is -2.44. The van der Waals surface area contributed by atoms with E-state index in [1.165, 1.54) is 11.8 Å². The predicted molar refractivity (Wildman–Crippen MR) is 76.7 cm³/mol. The Morgan fingerprint density at radius 3 is 2.52 bits per heavy atom. The lowest BCUT2D eigenvalue weighted by Gasteiger charge is -2.23. The van der Waals surface area contributed by atoms with Crippen molar-refractivity contribution < 1.29 is 14.3 Å². The standard InChI is InChI=1S/C13H23N5O3/c1-8(11(19)15-13(2,3)4)18-9(6-7-14)10(16-17-18)12(20)21-5/h8H,6-7,14H2,1-5H3,(H,15,19). The molecule has 3 N–H and O–H groups in total. The predicted octanol–water partition coefficient (Wildman–Crippen LogP) is 0.0416. The normalized spacial score (nSPS) is 12.9. The molecule has 0 saturated carbocycles. The number of hydrogen-bond donors (Lipinski definition) is 2. The van der Waals surface area contributed by atoms with Gasteiger partial charge in [0.1, 0.15) is 6.04 Å². The van der Waals surface area contributed by atoms with Crippen LogP contribution in [0.4, 0.5) is 0 Å². The first-order chi connectivity index (χ1) is 9.71. The Labute approximate surface area is 124 Å². The molecule has 118 valence electrons. The number of ether oxygens (including phenoxy) is 1. The molecule has 1 aromatic heterocycles. The van der Waals surface area contributed by atoms with Crippen molar-refractivity contribution in [3.05, 3.63) is 11.4 Å². The summed E-state index contributed by atoms with van der Waals surface area (Å²) in [5.74, 6) is -0.796. The van der Waals surface area contributed by atoms with Crippen LogP contribution in [0.2, 0.25) is 0 Å². The van der Waals surface area contributed by atoms with Crippen molar-refractivity contribution in [3.63, 3.8) is 0 Å². The summed E-state index contributed by atoms with van der Waals surface area (Å²) in [6.45, 7) is 7.67. The van der Waals surface area contributed by atoms with Crippen molar-refractivity contribution >= 4 is 11.9 Å². The molecule has 0 aromatic carbocycles. The molecule has 1 aromatic rings. The molecule has 0 aliphatic heterocycles. The minimum atomic E-state index is -0.600. The summed E-state index contributed by atoms with van der Waals surface area (Å²) < 4.78 is 6.08. The van der Waals surface area contributed by atoms with Gasteiger partial charge in [0.05, 0.1) is 12.8 Å². The molecule has 21 heavy (non-hydrogen) atoms. The average molecular weight is 297 g/mol. The number of esters is 1. The number of hydrogen-bond acceptors (Lipinski definition) is 6. The summed E-state index contributed by atoms with van der Waals surface area (Å²) in [6, 6.07) is -0.600. The Morgan fingerprint density at radius 1 is 1.43 bits per heavy atom. The number of nitrogens with zero attached hydrogens (tertiary/aromatic N) is 3. The third kappa shape index (κ3) is 4.25. The van der Waals surface area contributed by atoms with Crippen molar-refractivity contribution in [2.24, 2.45) is 5.73 Å². The first kappa shape index (κ1) is 17.1. The third-order valence-corrected chi connectivity index (χ3v) is 2.80. The van der Waals surface area contributed by atoms with Crippen LogP contribution in [0, 0.1) is 0 Å². The molecule has 0 aliphatic rings. The van der Waals surface area contributed by atoms with Gasteiger partial charge in [-0.1, -0.05) is 5.21 Å². The average Bonchev–Trinajstić information content (AvgIpc) is 2.79. The van der Waals surface area contributed by atoms with Crippen molar-refractivity contribution in [1.82, 2.24) is 20.3 Å². The maximum atomic E-state index is 12.2. The van der Waals surface area contributed by atoms with Gasteiger partial charge in [-0.2, -0.15) is 0 Å². The van der Waals surface area contributed by atoms with E-state index in [2.05, 4.69) is 20.4 Å². The van der Waals surface area contributed by atoms with E-state index in [0.717, 1.165) is 0 Å². The molecule has 0 saturated heterocycles. The first-order valence-corrected chi connectivity index (χ1v) is 6.75. The summed E-state index contributed by atoms with van der Waals surface area (Å²) >= 11 is 0. The van der Waals surface area contributed by atoms with Gasteiger partial charge in [0, 0.05) is 12.0 Å². The summed E-state index contributed by atoms with van der Waals surface area (Å²) in [7, 11) is 1.27. The van der Waals surface area contributed by atoms with E-state index < -0.39 is 12.0 Å². The summed E-state index contributed by atoms with van der Waals surface area (Å²) in [6.07, 6.45) is 0.380. The fourth-order valence-electron chi connectivity index (χ4n) is 1.83. The van der Waals surface area contributed by atoms with E-state index in [-0.39, 0.29) is 17.1 Å². The van der Waals surface area contributed by atoms with Gasteiger partial charge in [0.25, 0.3) is 0 Å². The van der Waals surface area contributed by atoms with Crippen LogP contribution in [0.25, 0.3) is 0 Å². The SMILES string of the molecule is COC(=O)c1nnn(C(C)C(=O)NC(C)(C)C)c1CCN. The first-order valence-electron chi connectivity index (χ1n) is 6.75. The van der Waals surface area contributed by atoms with Crippen LogP contribution >= 0.6 is 0 Å². The largest absolute Gasteiger partial charge is 0.464 e. The Kier molecular flexibility index (Phi) is 5.42. The zero-order valence-corrected chi connectivity index (χ0v) is 13.1. The minimum absolute atomic E-state index is 0.0957. The molecule has 0 bridgehead atoms. The molecular formula is C13H23N5O3. The number of nitrogens with two attached hydrogens (primary N) is 1. The van der Waals surface area contributed by atoms with Crippen molar-refractivity contribution in [2.75, 3.05) is 13.7 Å². The summed E-state index contributed by atoms with van der Waals surface area (Å²) in [5, 5.41) is 10.6. The van der Waals surface area contributed by atoms with Crippen molar-refractivity contribution in [1.29, 1.82) is 0 Å². The molecule has 1 heterocycles. The second-order valence-corrected chi connectivity index (χ2v) is 5.77. The number of rotatable bonds is 5. The highest BCUT2D eigenvalue weighted by Gasteiger charge is 2.27. The second kappa shape index (κ2) is 6.66. The van der Waals surface area contributed by atoms with Gasteiger partial charge in [-0.15, -0.1) is 5.10 Å². The van der Waals surface area contributed by atoms with Gasteiger partial charge in [0.15, 0.2) is 5.69 Å². The zero-order valence-electron chi connectivity index (χ0n) is 13.1. The number of carbonyl (C=O) groups excluding carboxylic acids is 2. The van der Waals surface area contributed by atoms with E-state index in [0.29, 0.717) is 18.7 Å². The molecule has 0 radical (unpaired) electrons. The quantitative estimate of drug-likeness (QED) is 0.742. The van der Waals surface area contributed by atoms with Crippen molar-refractivity contribution in [3.8, 4) is 0 Å². The Bertz CT molecular complexity index is 518. The molecule has 1 unspecified atom stereocenters. The maximum absolute atomic E-state index is 12.2. The van der Waals surface area contributed by atoms with E-state index in [1.54, 1.807) is 6.92 Å². The van der Waals surface area contributed by atoms with E-state index in [9.17, 15) is 9.59 Å². The highest BCUT2D eigenvalue weighted by atomic mass is 16.5. The van der Waals surface area contributed by atoms with Gasteiger partial charge >= 0.3 is 5.97 Å². The van der Waals surface area contributed by atoms with Crippen LogP contribution in [0.15, 0.2) is 0 Å². The number of methoxy groups -OCH3 is 1. The summed E-state index contributed by atoms with van der Waals surface area (Å²) in [4.78, 5) is 23.9. The molecule has 1 rings (SSSR count). The van der Waals surface area contributed by atoms with Crippen LogP contribution < -0.4 is 11.1 Å². The molecule has 0 spiro atoms. The summed E-state index contributed by atoms with van der Waals surface area (Å²) in [5.41, 5.74) is 5.80. The number of amides is 1. The molecule has 0 aliphatic carbocycles. The highest BCUT2D eigenvalue weighted by Crippen LogP contribution is 2.15. The van der Waals surface area contributed by atoms with Crippen molar-refractivity contribution in [2.45, 2.75) is 45.7 Å². The number of carbonyl (C=O) groups is 2. The second-order valence-electron chi connectivity index (χ2n) is 5.77. The van der Waals surface area contributed by atoms with E-state index in [1.807, 2.05) is 20.8 Å². The number of aromatic nitrogens is 3.